The molecular formula is C10H22N2O2. The second-order valence-electron chi connectivity index (χ2n) is 3.80. The maximum atomic E-state index is 11.5. The van der Waals surface area contributed by atoms with Gasteiger partial charge in [0.2, 0.25) is 5.91 Å². The van der Waals surface area contributed by atoms with Gasteiger partial charge in [0, 0.05) is 33.9 Å². The van der Waals surface area contributed by atoms with Crippen LogP contribution in [0.25, 0.3) is 0 Å². The summed E-state index contributed by atoms with van der Waals surface area (Å²) in [5.41, 5.74) is 0. The summed E-state index contributed by atoms with van der Waals surface area (Å²) in [5, 5.41) is 3.22. The van der Waals surface area contributed by atoms with Gasteiger partial charge in [0.1, 0.15) is 0 Å². The first-order valence-corrected chi connectivity index (χ1v) is 4.95. The molecule has 84 valence electrons. The average molecular weight is 202 g/mol. The molecule has 1 amide bonds. The van der Waals surface area contributed by atoms with Gasteiger partial charge in [0.25, 0.3) is 0 Å². The van der Waals surface area contributed by atoms with Crippen LogP contribution in [0.15, 0.2) is 0 Å². The van der Waals surface area contributed by atoms with Gasteiger partial charge in [-0.15, -0.1) is 0 Å². The van der Waals surface area contributed by atoms with E-state index in [0.717, 1.165) is 13.0 Å². The van der Waals surface area contributed by atoms with E-state index in [4.69, 9.17) is 4.74 Å². The average Bonchev–Trinajstić information content (AvgIpc) is 2.13. The lowest BCUT2D eigenvalue weighted by Crippen LogP contribution is -2.45. The molecule has 4 heteroatoms. The van der Waals surface area contributed by atoms with Crippen LogP contribution in [0.3, 0.4) is 0 Å². The number of ether oxygens (including phenoxy) is 1. The van der Waals surface area contributed by atoms with Crippen LogP contribution in [-0.4, -0.2) is 50.7 Å². The van der Waals surface area contributed by atoms with Crippen LogP contribution in [0, 0.1) is 0 Å². The van der Waals surface area contributed by atoms with Gasteiger partial charge >= 0.3 is 0 Å². The number of hydrogen-bond acceptors (Lipinski definition) is 3. The zero-order valence-corrected chi connectivity index (χ0v) is 9.83. The SMILES string of the molecule is COCCC(C)N[C@H](C)C(=O)N(C)C. The summed E-state index contributed by atoms with van der Waals surface area (Å²) in [7, 11) is 5.21. The molecule has 0 rings (SSSR count). The zero-order valence-electron chi connectivity index (χ0n) is 9.83. The number of carbonyl (C=O) groups excluding carboxylic acids is 1. The van der Waals surface area contributed by atoms with E-state index in [2.05, 4.69) is 12.2 Å². The third-order valence-electron chi connectivity index (χ3n) is 2.10. The van der Waals surface area contributed by atoms with Crippen molar-refractivity contribution in [3.05, 3.63) is 0 Å². The molecule has 0 aromatic rings. The van der Waals surface area contributed by atoms with Gasteiger partial charge in [-0.05, 0) is 20.3 Å². The van der Waals surface area contributed by atoms with Gasteiger partial charge in [0.15, 0.2) is 0 Å². The van der Waals surface area contributed by atoms with Gasteiger partial charge in [-0.2, -0.15) is 0 Å². The van der Waals surface area contributed by atoms with Gasteiger partial charge in [-0.25, -0.2) is 0 Å². The molecule has 0 aliphatic carbocycles. The first-order valence-electron chi connectivity index (χ1n) is 4.95. The number of rotatable bonds is 6. The molecule has 0 saturated carbocycles. The molecule has 14 heavy (non-hydrogen) atoms. The topological polar surface area (TPSA) is 41.6 Å². The van der Waals surface area contributed by atoms with Gasteiger partial charge < -0.3 is 15.0 Å². The Hall–Kier alpha value is -0.610. The Morgan fingerprint density at radius 3 is 2.43 bits per heavy atom. The standard InChI is InChI=1S/C10H22N2O2/c1-8(6-7-14-5)11-9(2)10(13)12(3)4/h8-9,11H,6-7H2,1-5H3/t8?,9-/m1/s1. The lowest BCUT2D eigenvalue weighted by atomic mass is 10.2. The van der Waals surface area contributed by atoms with Crippen LogP contribution in [0.2, 0.25) is 0 Å². The van der Waals surface area contributed by atoms with Crippen molar-refractivity contribution in [1.29, 1.82) is 0 Å². The Balaban J connectivity index is 3.80. The fraction of sp³-hybridized carbons (Fsp3) is 0.900. The van der Waals surface area contributed by atoms with Crippen LogP contribution in [0.4, 0.5) is 0 Å². The third kappa shape index (κ3) is 5.19. The van der Waals surface area contributed by atoms with Crippen molar-refractivity contribution in [1.82, 2.24) is 10.2 Å². The maximum absolute atomic E-state index is 11.5. The summed E-state index contributed by atoms with van der Waals surface area (Å²) in [6.07, 6.45) is 0.918. The Morgan fingerprint density at radius 2 is 2.00 bits per heavy atom. The van der Waals surface area contributed by atoms with Crippen molar-refractivity contribution < 1.29 is 9.53 Å². The number of nitrogens with zero attached hydrogens (tertiary/aromatic N) is 1. The molecule has 0 fully saturated rings. The van der Waals surface area contributed by atoms with Crippen molar-refractivity contribution in [2.24, 2.45) is 0 Å². The van der Waals surface area contributed by atoms with Crippen molar-refractivity contribution in [2.75, 3.05) is 27.8 Å². The van der Waals surface area contributed by atoms with E-state index >= 15 is 0 Å². The summed E-state index contributed by atoms with van der Waals surface area (Å²) in [6.45, 7) is 4.65. The normalized spacial score (nSPS) is 14.9. The molecule has 0 aliphatic heterocycles. The summed E-state index contributed by atoms with van der Waals surface area (Å²) < 4.78 is 4.97. The van der Waals surface area contributed by atoms with Crippen molar-refractivity contribution in [2.45, 2.75) is 32.4 Å². The number of hydrogen-bond donors (Lipinski definition) is 1. The highest BCUT2D eigenvalue weighted by molar-refractivity contribution is 5.80. The van der Waals surface area contributed by atoms with E-state index in [1.165, 1.54) is 0 Å². The highest BCUT2D eigenvalue weighted by Crippen LogP contribution is 1.96. The van der Waals surface area contributed by atoms with E-state index in [9.17, 15) is 4.79 Å². The van der Waals surface area contributed by atoms with Crippen molar-refractivity contribution in [3.8, 4) is 0 Å². The Morgan fingerprint density at radius 1 is 1.43 bits per heavy atom. The maximum Gasteiger partial charge on any atom is 0.238 e. The number of methoxy groups -OCH3 is 1. The highest BCUT2D eigenvalue weighted by atomic mass is 16.5. The minimum atomic E-state index is -0.128. The smallest absolute Gasteiger partial charge is 0.238 e. The van der Waals surface area contributed by atoms with E-state index < -0.39 is 0 Å². The number of amides is 1. The molecule has 0 radical (unpaired) electrons. The second-order valence-corrected chi connectivity index (χ2v) is 3.80. The summed E-state index contributed by atoms with van der Waals surface area (Å²) in [4.78, 5) is 13.1. The summed E-state index contributed by atoms with van der Waals surface area (Å²) >= 11 is 0. The van der Waals surface area contributed by atoms with Crippen molar-refractivity contribution in [3.63, 3.8) is 0 Å². The molecule has 1 unspecified atom stereocenters. The zero-order chi connectivity index (χ0) is 11.1. The molecule has 2 atom stereocenters. The van der Waals surface area contributed by atoms with E-state index in [-0.39, 0.29) is 11.9 Å². The second kappa shape index (κ2) is 6.79. The minimum Gasteiger partial charge on any atom is -0.385 e. The highest BCUT2D eigenvalue weighted by Gasteiger charge is 2.16. The molecule has 4 nitrogen and oxygen atoms in total. The molecule has 1 N–H and O–H groups in total. The van der Waals surface area contributed by atoms with Gasteiger partial charge in [-0.1, -0.05) is 0 Å². The van der Waals surface area contributed by atoms with E-state index in [1.807, 2.05) is 6.92 Å². The fourth-order valence-electron chi connectivity index (χ4n) is 1.26. The Labute approximate surface area is 86.6 Å². The third-order valence-corrected chi connectivity index (χ3v) is 2.10. The Kier molecular flexibility index (Phi) is 6.49. The number of likely N-dealkylation sites (N-methyl/N-ethyl adjacent to an activating group) is 1. The Bertz CT molecular complexity index is 172. The van der Waals surface area contributed by atoms with Crippen LogP contribution in [0.5, 0.6) is 0 Å². The van der Waals surface area contributed by atoms with Crippen LogP contribution in [-0.2, 0) is 9.53 Å². The lowest BCUT2D eigenvalue weighted by molar-refractivity contribution is -0.130. The van der Waals surface area contributed by atoms with E-state index in [1.54, 1.807) is 26.1 Å². The van der Waals surface area contributed by atoms with Crippen molar-refractivity contribution >= 4 is 5.91 Å². The molecule has 0 saturated heterocycles. The molecule has 0 aliphatic rings. The largest absolute Gasteiger partial charge is 0.385 e. The molecule has 0 heterocycles. The molecule has 0 bridgehead atoms. The molecule has 0 aromatic heterocycles. The monoisotopic (exact) mass is 202 g/mol. The number of carbonyl (C=O) groups is 1. The minimum absolute atomic E-state index is 0.106. The summed E-state index contributed by atoms with van der Waals surface area (Å²) in [5.74, 6) is 0.106. The first kappa shape index (κ1) is 13.4. The lowest BCUT2D eigenvalue weighted by Gasteiger charge is -2.21. The molecule has 0 spiro atoms. The van der Waals surface area contributed by atoms with Crippen LogP contribution >= 0.6 is 0 Å². The number of nitrogens with one attached hydrogen (secondary N) is 1. The van der Waals surface area contributed by atoms with Gasteiger partial charge in [-0.3, -0.25) is 4.79 Å². The molecular weight excluding hydrogens is 180 g/mol. The fourth-order valence-corrected chi connectivity index (χ4v) is 1.26. The first-order chi connectivity index (χ1) is 6.49. The predicted octanol–water partition coefficient (Wildman–Crippen LogP) is 0.478. The van der Waals surface area contributed by atoms with Crippen LogP contribution in [0.1, 0.15) is 20.3 Å². The van der Waals surface area contributed by atoms with Gasteiger partial charge in [0.05, 0.1) is 6.04 Å². The predicted molar refractivity (Wildman–Crippen MR) is 57.2 cm³/mol. The van der Waals surface area contributed by atoms with E-state index in [0.29, 0.717) is 6.04 Å². The quantitative estimate of drug-likeness (QED) is 0.681. The summed E-state index contributed by atoms with van der Waals surface area (Å²) in [6, 6.07) is 0.172. The molecule has 0 aromatic carbocycles. The van der Waals surface area contributed by atoms with Crippen LogP contribution < -0.4 is 5.32 Å².